The molecule has 1 aromatic heterocycles. The zero-order valence-corrected chi connectivity index (χ0v) is 17.6. The van der Waals surface area contributed by atoms with Crippen molar-refractivity contribution < 1.29 is 9.21 Å². The van der Waals surface area contributed by atoms with Gasteiger partial charge < -0.3 is 4.42 Å². The maximum absolute atomic E-state index is 13.0. The number of carbonyl (C=O) groups excluding carboxylic acids is 1. The van der Waals surface area contributed by atoms with E-state index < -0.39 is 0 Å². The molecule has 29 heavy (non-hydrogen) atoms. The van der Waals surface area contributed by atoms with E-state index in [4.69, 9.17) is 4.42 Å². The van der Waals surface area contributed by atoms with Gasteiger partial charge in [-0.05, 0) is 53.2 Å². The summed E-state index contributed by atoms with van der Waals surface area (Å²) in [7, 11) is 0. The highest BCUT2D eigenvalue weighted by molar-refractivity contribution is 9.10. The van der Waals surface area contributed by atoms with Gasteiger partial charge >= 0.3 is 0 Å². The Balaban J connectivity index is 1.60. The van der Waals surface area contributed by atoms with Crippen LogP contribution in [0.4, 0.5) is 0 Å². The summed E-state index contributed by atoms with van der Waals surface area (Å²) in [5.41, 5.74) is 1.88. The first kappa shape index (κ1) is 19.4. The fourth-order valence-electron chi connectivity index (χ4n) is 2.67. The quantitative estimate of drug-likeness (QED) is 0.282. The van der Waals surface area contributed by atoms with Gasteiger partial charge in [-0.3, -0.25) is 9.69 Å². The lowest BCUT2D eigenvalue weighted by atomic mass is 10.2. The molecular formula is C22H16BrN3O2S. The molecule has 1 aliphatic heterocycles. The van der Waals surface area contributed by atoms with Crippen LogP contribution in [0.3, 0.4) is 0 Å². The second-order valence-electron chi connectivity index (χ2n) is 6.17. The summed E-state index contributed by atoms with van der Waals surface area (Å²) in [5, 5.41) is 9.00. The average Bonchev–Trinajstić information content (AvgIpc) is 3.35. The van der Waals surface area contributed by atoms with Crippen LogP contribution in [-0.2, 0) is 11.3 Å². The molecule has 0 unspecified atom stereocenters. The van der Waals surface area contributed by atoms with Crippen molar-refractivity contribution in [2.24, 2.45) is 10.2 Å². The van der Waals surface area contributed by atoms with Crippen molar-refractivity contribution in [1.29, 1.82) is 0 Å². The van der Waals surface area contributed by atoms with E-state index in [0.29, 0.717) is 22.4 Å². The van der Waals surface area contributed by atoms with Crippen LogP contribution >= 0.6 is 27.7 Å². The van der Waals surface area contributed by atoms with Crippen molar-refractivity contribution in [3.8, 4) is 0 Å². The van der Waals surface area contributed by atoms with E-state index in [9.17, 15) is 4.79 Å². The smallest absolute Gasteiger partial charge is 0.267 e. The summed E-state index contributed by atoms with van der Waals surface area (Å²) in [5.74, 6) is 0.567. The van der Waals surface area contributed by atoms with E-state index in [-0.39, 0.29) is 5.91 Å². The first-order valence-corrected chi connectivity index (χ1v) is 10.5. The van der Waals surface area contributed by atoms with E-state index in [2.05, 4.69) is 26.1 Å². The molecule has 0 bridgehead atoms. The summed E-state index contributed by atoms with van der Waals surface area (Å²) in [6.07, 6.45) is 5.11. The third-order valence-corrected chi connectivity index (χ3v) is 5.63. The fourth-order valence-corrected chi connectivity index (χ4v) is 3.87. The van der Waals surface area contributed by atoms with Gasteiger partial charge in [-0.25, -0.2) is 0 Å². The SMILES string of the molecule is O=C1/C(=C/c2ccccc2)S/C(=N\N=C\c2ccc(Br)cc2)N1Cc1ccco1. The number of thioether (sulfide) groups is 1. The minimum atomic E-state index is -0.118. The molecule has 2 aromatic carbocycles. The normalized spacial score (nSPS) is 17.1. The lowest BCUT2D eigenvalue weighted by Crippen LogP contribution is -2.28. The Kier molecular flexibility index (Phi) is 6.07. The number of amidine groups is 1. The maximum atomic E-state index is 13.0. The third-order valence-electron chi connectivity index (χ3n) is 4.10. The van der Waals surface area contributed by atoms with Crippen molar-refractivity contribution in [2.45, 2.75) is 6.54 Å². The lowest BCUT2D eigenvalue weighted by Gasteiger charge is -2.12. The van der Waals surface area contributed by atoms with Gasteiger partial charge in [0.05, 0.1) is 23.9 Å². The number of amides is 1. The van der Waals surface area contributed by atoms with Crippen LogP contribution in [0.5, 0.6) is 0 Å². The summed E-state index contributed by atoms with van der Waals surface area (Å²) < 4.78 is 6.41. The van der Waals surface area contributed by atoms with Gasteiger partial charge in [-0.1, -0.05) is 58.4 Å². The van der Waals surface area contributed by atoms with E-state index in [0.717, 1.165) is 15.6 Å². The number of carbonyl (C=O) groups is 1. The standard InChI is InChI=1S/C22H16BrN3O2S/c23-18-10-8-17(9-11-18)14-24-25-22-26(15-19-7-4-12-28-19)21(27)20(29-22)13-16-5-2-1-3-6-16/h1-14H,15H2/b20-13-,24-14+,25-22-. The summed E-state index contributed by atoms with van der Waals surface area (Å²) in [6, 6.07) is 21.1. The topological polar surface area (TPSA) is 58.2 Å². The molecule has 1 amide bonds. The molecule has 0 spiro atoms. The van der Waals surface area contributed by atoms with Gasteiger partial charge in [0.25, 0.3) is 5.91 Å². The van der Waals surface area contributed by atoms with Gasteiger partial charge in [0.1, 0.15) is 5.76 Å². The monoisotopic (exact) mass is 465 g/mol. The highest BCUT2D eigenvalue weighted by Crippen LogP contribution is 2.33. The van der Waals surface area contributed by atoms with E-state index in [1.807, 2.05) is 66.7 Å². The first-order valence-electron chi connectivity index (χ1n) is 8.84. The van der Waals surface area contributed by atoms with Gasteiger partial charge in [0.2, 0.25) is 0 Å². The molecule has 7 heteroatoms. The van der Waals surface area contributed by atoms with Crippen molar-refractivity contribution in [3.63, 3.8) is 0 Å². The molecule has 3 aromatic rings. The van der Waals surface area contributed by atoms with Gasteiger partial charge in [-0.2, -0.15) is 5.10 Å². The minimum Gasteiger partial charge on any atom is -0.467 e. The summed E-state index contributed by atoms with van der Waals surface area (Å²) >= 11 is 4.71. The fraction of sp³-hybridized carbons (Fsp3) is 0.0455. The Bertz CT molecular complexity index is 1080. The van der Waals surface area contributed by atoms with E-state index >= 15 is 0 Å². The Hall–Kier alpha value is -2.90. The van der Waals surface area contributed by atoms with Gasteiger partial charge in [0, 0.05) is 4.47 Å². The number of furan rings is 1. The molecule has 0 radical (unpaired) electrons. The van der Waals surface area contributed by atoms with Crippen LogP contribution in [-0.4, -0.2) is 22.2 Å². The predicted octanol–water partition coefficient (Wildman–Crippen LogP) is 5.55. The van der Waals surface area contributed by atoms with Crippen LogP contribution in [0.15, 0.2) is 97.0 Å². The largest absolute Gasteiger partial charge is 0.467 e. The van der Waals surface area contributed by atoms with E-state index in [1.54, 1.807) is 23.4 Å². The lowest BCUT2D eigenvalue weighted by molar-refractivity contribution is -0.122. The maximum Gasteiger partial charge on any atom is 0.267 e. The van der Waals surface area contributed by atoms with Crippen molar-refractivity contribution in [1.82, 2.24) is 4.90 Å². The number of rotatable bonds is 5. The minimum absolute atomic E-state index is 0.118. The number of halogens is 1. The second-order valence-corrected chi connectivity index (χ2v) is 8.10. The molecule has 0 aliphatic carbocycles. The molecular weight excluding hydrogens is 450 g/mol. The Labute approximate surface area is 181 Å². The average molecular weight is 466 g/mol. The molecule has 0 atom stereocenters. The zero-order valence-electron chi connectivity index (χ0n) is 15.2. The second kappa shape index (κ2) is 9.07. The summed E-state index contributed by atoms with van der Waals surface area (Å²) in [4.78, 5) is 15.2. The number of benzene rings is 2. The van der Waals surface area contributed by atoms with Crippen molar-refractivity contribution in [2.75, 3.05) is 0 Å². The molecule has 0 N–H and O–H groups in total. The van der Waals surface area contributed by atoms with Crippen molar-refractivity contribution >= 4 is 51.1 Å². The predicted molar refractivity (Wildman–Crippen MR) is 120 cm³/mol. The van der Waals surface area contributed by atoms with Crippen LogP contribution < -0.4 is 0 Å². The van der Waals surface area contributed by atoms with Gasteiger partial charge in [0.15, 0.2) is 5.17 Å². The van der Waals surface area contributed by atoms with Crippen LogP contribution in [0.25, 0.3) is 6.08 Å². The van der Waals surface area contributed by atoms with Crippen LogP contribution in [0.2, 0.25) is 0 Å². The summed E-state index contributed by atoms with van der Waals surface area (Å²) in [6.45, 7) is 0.303. The molecule has 5 nitrogen and oxygen atoms in total. The molecule has 4 rings (SSSR count). The Morgan fingerprint density at radius 1 is 1.00 bits per heavy atom. The van der Waals surface area contributed by atoms with Crippen LogP contribution in [0, 0.1) is 0 Å². The molecule has 1 aliphatic rings. The molecule has 1 saturated heterocycles. The van der Waals surface area contributed by atoms with E-state index in [1.165, 1.54) is 11.8 Å². The molecule has 1 fully saturated rings. The number of hydrogen-bond donors (Lipinski definition) is 0. The number of hydrogen-bond acceptors (Lipinski definition) is 5. The zero-order chi connectivity index (χ0) is 20.1. The number of nitrogens with zero attached hydrogens (tertiary/aromatic N) is 3. The Morgan fingerprint density at radius 2 is 1.79 bits per heavy atom. The Morgan fingerprint density at radius 3 is 2.52 bits per heavy atom. The first-order chi connectivity index (χ1) is 14.2. The van der Waals surface area contributed by atoms with Crippen LogP contribution in [0.1, 0.15) is 16.9 Å². The molecule has 0 saturated carbocycles. The van der Waals surface area contributed by atoms with Gasteiger partial charge in [-0.15, -0.1) is 5.10 Å². The molecule has 144 valence electrons. The third kappa shape index (κ3) is 4.93. The highest BCUT2D eigenvalue weighted by atomic mass is 79.9. The molecule has 2 heterocycles. The highest BCUT2D eigenvalue weighted by Gasteiger charge is 2.34. The van der Waals surface area contributed by atoms with Crippen molar-refractivity contribution in [3.05, 3.63) is 99.3 Å².